The van der Waals surface area contributed by atoms with Crippen LogP contribution in [0.1, 0.15) is 59.1 Å². The fourth-order valence-electron chi connectivity index (χ4n) is 5.16. The van der Waals surface area contributed by atoms with Gasteiger partial charge in [-0.3, -0.25) is 42.1 Å². The summed E-state index contributed by atoms with van der Waals surface area (Å²) in [5, 5.41) is 25.8. The number of anilines is 1. The Morgan fingerprint density at radius 1 is 0.983 bits per heavy atom. The van der Waals surface area contributed by atoms with Gasteiger partial charge in [0, 0.05) is 37.1 Å². The maximum Gasteiger partial charge on any atom is 0.481 e. The molecule has 0 aliphatic carbocycles. The van der Waals surface area contributed by atoms with Crippen LogP contribution < -0.4 is 16.4 Å². The normalized spacial score (nSPS) is 21.0. The number of imidazole rings is 1. The smallest absolute Gasteiger partial charge is 0.386 e. The first-order valence-corrected chi connectivity index (χ1v) is 22.9. The molecule has 2 aromatic rings. The zero-order valence-electron chi connectivity index (χ0n) is 31.7. The fourth-order valence-corrected chi connectivity index (χ4v) is 8.68. The summed E-state index contributed by atoms with van der Waals surface area (Å²) in [5.41, 5.74) is 4.19. The number of Topliss-reactive ketones (excluding diaryl/α,β-unsaturated/α-hetero) is 2. The number of aliphatic hydroxyl groups is 2. The highest BCUT2D eigenvalue weighted by Gasteiger charge is 2.50. The van der Waals surface area contributed by atoms with E-state index in [-0.39, 0.29) is 60.9 Å². The summed E-state index contributed by atoms with van der Waals surface area (Å²) < 4.78 is 62.0. The Bertz CT molecular complexity index is 1980. The van der Waals surface area contributed by atoms with Gasteiger partial charge in [0.2, 0.25) is 11.8 Å². The number of nitrogens with two attached hydrogens (primary N) is 1. The molecular weight excluding hydrogens is 875 g/mol. The van der Waals surface area contributed by atoms with Crippen molar-refractivity contribution in [2.45, 2.75) is 83.5 Å². The lowest BCUT2D eigenvalue weighted by molar-refractivity contribution is -0.137. The Hall–Kier alpha value is -3.10. The predicted molar refractivity (Wildman–Crippen MR) is 201 cm³/mol. The van der Waals surface area contributed by atoms with Crippen LogP contribution in [0.4, 0.5) is 5.82 Å². The van der Waals surface area contributed by atoms with Crippen molar-refractivity contribution in [3.8, 4) is 0 Å². The number of ketones is 2. The molecule has 1 aliphatic heterocycles. The van der Waals surface area contributed by atoms with Crippen LogP contribution in [0, 0.1) is 5.41 Å². The quantitative estimate of drug-likeness (QED) is 0.0340. The van der Waals surface area contributed by atoms with Crippen LogP contribution in [0.15, 0.2) is 12.7 Å². The molecule has 2 amide bonds. The molecule has 0 bridgehead atoms. The number of phosphoric acid groups is 3. The lowest BCUT2D eigenvalue weighted by atomic mass is 9.87. The van der Waals surface area contributed by atoms with Gasteiger partial charge in [-0.05, 0) is 6.42 Å². The highest BCUT2D eigenvalue weighted by atomic mass is 32.2. The van der Waals surface area contributed by atoms with Gasteiger partial charge in [-0.1, -0.05) is 32.5 Å². The number of aromatic nitrogens is 4. The molecule has 0 spiro atoms. The lowest BCUT2D eigenvalue weighted by Crippen LogP contribution is -2.46. The lowest BCUT2D eigenvalue weighted by Gasteiger charge is -2.30. The fraction of sp³-hybridized carbons (Fsp3) is 0.655. The van der Waals surface area contributed by atoms with Crippen LogP contribution in [0.2, 0.25) is 0 Å². The molecule has 0 aromatic carbocycles. The van der Waals surface area contributed by atoms with Crippen molar-refractivity contribution < 1.29 is 90.1 Å². The third kappa shape index (κ3) is 16.0. The number of thioether (sulfide) groups is 1. The summed E-state index contributed by atoms with van der Waals surface area (Å²) in [6.45, 7) is 1.95. The maximum absolute atomic E-state index is 12.7. The van der Waals surface area contributed by atoms with E-state index in [2.05, 4.69) is 34.4 Å². The van der Waals surface area contributed by atoms with Crippen molar-refractivity contribution in [2.24, 2.45) is 5.41 Å². The molecule has 2 aromatic heterocycles. The van der Waals surface area contributed by atoms with Gasteiger partial charge in [0.15, 0.2) is 22.8 Å². The zero-order chi connectivity index (χ0) is 44.3. The Morgan fingerprint density at radius 3 is 2.32 bits per heavy atom. The van der Waals surface area contributed by atoms with E-state index in [0.717, 1.165) is 29.0 Å². The Balaban J connectivity index is 1.45. The van der Waals surface area contributed by atoms with Crippen LogP contribution in [0.25, 0.3) is 11.2 Å². The summed E-state index contributed by atoms with van der Waals surface area (Å²) in [6.07, 6.45) is -6.98. The van der Waals surface area contributed by atoms with Crippen LogP contribution in [0.5, 0.6) is 0 Å². The topological polar surface area (TPSA) is 398 Å². The molecule has 10 N–H and O–H groups in total. The molecule has 1 saturated heterocycles. The molecule has 7 atom stereocenters. The van der Waals surface area contributed by atoms with E-state index in [1.54, 1.807) is 6.92 Å². The summed E-state index contributed by atoms with van der Waals surface area (Å²) in [5.74, 6) is -2.19. The number of amides is 2. The molecule has 1 fully saturated rings. The summed E-state index contributed by atoms with van der Waals surface area (Å²) in [6, 6.07) is 0. The average molecular weight is 922 g/mol. The second-order valence-corrected chi connectivity index (χ2v) is 18.9. The van der Waals surface area contributed by atoms with Gasteiger partial charge in [-0.25, -0.2) is 28.6 Å². The van der Waals surface area contributed by atoms with Crippen LogP contribution in [0.3, 0.4) is 0 Å². The van der Waals surface area contributed by atoms with E-state index in [9.17, 15) is 67.5 Å². The first-order valence-electron chi connectivity index (χ1n) is 17.4. The zero-order valence-corrected chi connectivity index (χ0v) is 35.2. The van der Waals surface area contributed by atoms with Gasteiger partial charge in [-0.2, -0.15) is 4.31 Å². The SMILES string of the molecule is CCCC(=O)CC(=O)CC(=O)SCCNC(=O)CCNC(=O)C(O)C(C)(C)COP(=O)(O)OP(=O)(O)OC[C@H]1O[C@@H](n2cnc3c(N)ncnc32)[C@H](O)[C@@H]1OP(=O)(O)O. The summed E-state index contributed by atoms with van der Waals surface area (Å²) in [7, 11) is -16.5. The van der Waals surface area contributed by atoms with Gasteiger partial charge < -0.3 is 50.9 Å². The van der Waals surface area contributed by atoms with Gasteiger partial charge in [0.05, 0.1) is 32.4 Å². The molecule has 3 heterocycles. The third-order valence-corrected chi connectivity index (χ3v) is 12.0. The van der Waals surface area contributed by atoms with Gasteiger partial charge in [-0.15, -0.1) is 0 Å². The molecule has 3 rings (SSSR count). The molecule has 26 nitrogen and oxygen atoms in total. The number of aliphatic hydroxyl groups excluding tert-OH is 2. The number of nitrogens with one attached hydrogen (secondary N) is 2. The number of rotatable bonds is 25. The number of ether oxygens (including phenoxy) is 1. The highest BCUT2D eigenvalue weighted by molar-refractivity contribution is 8.13. The molecule has 332 valence electrons. The molecule has 3 unspecified atom stereocenters. The molecule has 1 aliphatic rings. The molecule has 0 saturated carbocycles. The number of hydrogen-bond acceptors (Lipinski definition) is 20. The molecule has 59 heavy (non-hydrogen) atoms. The standard InChI is InChI=1S/C29H46N7O19P3S/c1-4-5-16(37)10-17(38)11-20(40)59-9-8-31-19(39)6-7-32-27(43)24(42)29(2,3)13-52-58(49,50)55-57(47,48)51-12-18-23(54-56(44,45)46)22(41)28(53-18)36-15-35-21-25(30)33-14-34-26(21)36/h14-15,18,22-24,28,41-42H,4-13H2,1-3H3,(H,31,39)(H,32,43)(H,47,48)(H,49,50)(H2,30,33,34)(H2,44,45,46)/t18-,22-,23-,24?,28-/m1/s1. The van der Waals surface area contributed by atoms with Gasteiger partial charge in [0.25, 0.3) is 0 Å². The number of carbonyl (C=O) groups is 5. The van der Waals surface area contributed by atoms with E-state index in [1.807, 2.05) is 0 Å². The summed E-state index contributed by atoms with van der Waals surface area (Å²) in [4.78, 5) is 111. The van der Waals surface area contributed by atoms with Gasteiger partial charge >= 0.3 is 23.5 Å². The first kappa shape index (κ1) is 50.3. The van der Waals surface area contributed by atoms with Gasteiger partial charge in [0.1, 0.15) is 47.8 Å². The van der Waals surface area contributed by atoms with Crippen molar-refractivity contribution in [1.29, 1.82) is 0 Å². The number of fused-ring (bicyclic) bond motifs is 1. The monoisotopic (exact) mass is 921 g/mol. The minimum atomic E-state index is -5.59. The highest BCUT2D eigenvalue weighted by Crippen LogP contribution is 2.61. The second-order valence-electron chi connectivity index (χ2n) is 13.5. The Labute approximate surface area is 339 Å². The molecular formula is C29H46N7O19P3S. The first-order chi connectivity index (χ1) is 27.3. The van der Waals surface area contributed by atoms with E-state index in [4.69, 9.17) is 19.5 Å². The molecule has 0 radical (unpaired) electrons. The average Bonchev–Trinajstić information content (AvgIpc) is 3.68. The number of nitrogen functional groups attached to an aromatic ring is 1. The number of carbonyl (C=O) groups excluding carboxylic acids is 5. The number of phosphoric ester groups is 3. The van der Waals surface area contributed by atoms with Crippen molar-refractivity contribution >= 4 is 80.7 Å². The van der Waals surface area contributed by atoms with E-state index < -0.39 is 102 Å². The number of hydrogen-bond donors (Lipinski definition) is 9. The van der Waals surface area contributed by atoms with Crippen LogP contribution >= 0.6 is 35.2 Å². The van der Waals surface area contributed by atoms with Crippen molar-refractivity contribution in [2.75, 3.05) is 37.8 Å². The minimum Gasteiger partial charge on any atom is -0.386 e. The Morgan fingerprint density at radius 2 is 1.66 bits per heavy atom. The van der Waals surface area contributed by atoms with Crippen molar-refractivity contribution in [1.82, 2.24) is 30.2 Å². The maximum atomic E-state index is 12.7. The van der Waals surface area contributed by atoms with Crippen molar-refractivity contribution in [3.05, 3.63) is 12.7 Å². The Kier molecular flexibility index (Phi) is 18.4. The summed E-state index contributed by atoms with van der Waals surface area (Å²) >= 11 is 0.807. The third-order valence-electron chi connectivity index (χ3n) is 8.03. The van der Waals surface area contributed by atoms with E-state index in [1.165, 1.54) is 13.8 Å². The minimum absolute atomic E-state index is 0.0184. The largest absolute Gasteiger partial charge is 0.481 e. The second kappa shape index (κ2) is 21.6. The van der Waals surface area contributed by atoms with E-state index in [0.29, 0.717) is 6.42 Å². The van der Waals surface area contributed by atoms with Crippen molar-refractivity contribution in [3.63, 3.8) is 0 Å². The van der Waals surface area contributed by atoms with Crippen LogP contribution in [-0.4, -0.2) is 134 Å². The predicted octanol–water partition coefficient (Wildman–Crippen LogP) is -0.617. The molecule has 30 heteroatoms. The van der Waals surface area contributed by atoms with E-state index >= 15 is 0 Å². The van der Waals surface area contributed by atoms with Crippen LogP contribution in [-0.2, 0) is 60.3 Å². The number of nitrogens with zero attached hydrogens (tertiary/aromatic N) is 4.